The van der Waals surface area contributed by atoms with E-state index in [-0.39, 0.29) is 17.7 Å². The highest BCUT2D eigenvalue weighted by Crippen LogP contribution is 2.31. The fourth-order valence-corrected chi connectivity index (χ4v) is 2.82. The van der Waals surface area contributed by atoms with Crippen LogP contribution in [0.25, 0.3) is 0 Å². The molecule has 0 radical (unpaired) electrons. The third-order valence-electron chi connectivity index (χ3n) is 4.33. The minimum Gasteiger partial charge on any atom is -0.356 e. The highest BCUT2D eigenvalue weighted by molar-refractivity contribution is 5.78. The monoisotopic (exact) mass is 328 g/mol. The number of carbonyl (C=O) groups is 1. The van der Waals surface area contributed by atoms with Crippen LogP contribution in [0.3, 0.4) is 0 Å². The zero-order valence-corrected chi connectivity index (χ0v) is 13.2. The number of nitrogens with one attached hydrogen (secondary N) is 2. The van der Waals surface area contributed by atoms with E-state index in [0.29, 0.717) is 25.1 Å². The van der Waals surface area contributed by atoms with Gasteiger partial charge in [-0.05, 0) is 43.4 Å². The standard InChI is InChI=1S/C17H23F3N2O/c1-12(13-4-2-6-15(10-13)17(18,19)20)7-9-22-16(23)14-5-3-8-21-11-14/h2,4,6,10,12,14,21H,3,5,7-9,11H2,1H3,(H,22,23). The van der Waals surface area contributed by atoms with Crippen molar-refractivity contribution in [2.45, 2.75) is 38.3 Å². The Morgan fingerprint density at radius 3 is 2.87 bits per heavy atom. The third kappa shape index (κ3) is 5.23. The minimum absolute atomic E-state index is 0.00705. The van der Waals surface area contributed by atoms with Crippen molar-refractivity contribution in [3.8, 4) is 0 Å². The highest BCUT2D eigenvalue weighted by atomic mass is 19.4. The molecule has 1 amide bonds. The number of alkyl halides is 3. The number of halogens is 3. The lowest BCUT2D eigenvalue weighted by atomic mass is 9.95. The van der Waals surface area contributed by atoms with E-state index in [1.807, 2.05) is 6.92 Å². The topological polar surface area (TPSA) is 41.1 Å². The normalized spacial score (nSPS) is 20.1. The average Bonchev–Trinajstić information content (AvgIpc) is 2.54. The molecule has 0 spiro atoms. The molecule has 0 aromatic heterocycles. The Bertz CT molecular complexity index is 525. The molecule has 1 aromatic carbocycles. The van der Waals surface area contributed by atoms with Crippen LogP contribution < -0.4 is 10.6 Å². The molecule has 0 bridgehead atoms. The summed E-state index contributed by atoms with van der Waals surface area (Å²) < 4.78 is 38.2. The molecule has 128 valence electrons. The van der Waals surface area contributed by atoms with Gasteiger partial charge in [-0.2, -0.15) is 13.2 Å². The number of amides is 1. The molecule has 1 aliphatic heterocycles. The highest BCUT2D eigenvalue weighted by Gasteiger charge is 2.30. The molecular formula is C17H23F3N2O. The summed E-state index contributed by atoms with van der Waals surface area (Å²) >= 11 is 0. The second kappa shape index (κ2) is 7.81. The lowest BCUT2D eigenvalue weighted by molar-refractivity contribution is -0.137. The van der Waals surface area contributed by atoms with Crippen LogP contribution >= 0.6 is 0 Å². The summed E-state index contributed by atoms with van der Waals surface area (Å²) in [6, 6.07) is 5.40. The molecule has 1 heterocycles. The fraction of sp³-hybridized carbons (Fsp3) is 0.588. The summed E-state index contributed by atoms with van der Waals surface area (Å²) in [5, 5.41) is 6.09. The Kier molecular flexibility index (Phi) is 6.04. The maximum absolute atomic E-state index is 12.7. The second-order valence-corrected chi connectivity index (χ2v) is 6.15. The molecule has 1 fully saturated rings. The lowest BCUT2D eigenvalue weighted by Crippen LogP contribution is -2.40. The van der Waals surface area contributed by atoms with Gasteiger partial charge >= 0.3 is 6.18 Å². The fourth-order valence-electron chi connectivity index (χ4n) is 2.82. The van der Waals surface area contributed by atoms with Crippen molar-refractivity contribution < 1.29 is 18.0 Å². The van der Waals surface area contributed by atoms with Gasteiger partial charge in [0.25, 0.3) is 0 Å². The number of benzene rings is 1. The van der Waals surface area contributed by atoms with Crippen LogP contribution in [0.4, 0.5) is 13.2 Å². The molecule has 2 atom stereocenters. The average molecular weight is 328 g/mol. The van der Waals surface area contributed by atoms with Gasteiger partial charge < -0.3 is 10.6 Å². The van der Waals surface area contributed by atoms with Crippen LogP contribution in [-0.2, 0) is 11.0 Å². The van der Waals surface area contributed by atoms with Crippen molar-refractivity contribution in [3.05, 3.63) is 35.4 Å². The molecule has 1 aliphatic rings. The number of carbonyl (C=O) groups excluding carboxylic acids is 1. The number of rotatable bonds is 5. The van der Waals surface area contributed by atoms with Crippen LogP contribution in [-0.4, -0.2) is 25.5 Å². The van der Waals surface area contributed by atoms with E-state index in [9.17, 15) is 18.0 Å². The lowest BCUT2D eigenvalue weighted by Gasteiger charge is -2.22. The Morgan fingerprint density at radius 1 is 1.43 bits per heavy atom. The first kappa shape index (κ1) is 17.8. The SMILES string of the molecule is CC(CCNC(=O)C1CCCNC1)c1cccc(C(F)(F)F)c1. The summed E-state index contributed by atoms with van der Waals surface area (Å²) in [5.74, 6) is 0.00290. The Morgan fingerprint density at radius 2 is 2.22 bits per heavy atom. The van der Waals surface area contributed by atoms with Crippen molar-refractivity contribution in [3.63, 3.8) is 0 Å². The first-order chi connectivity index (χ1) is 10.9. The molecule has 2 unspecified atom stereocenters. The summed E-state index contributed by atoms with van der Waals surface area (Å²) in [6.45, 7) is 4.02. The maximum atomic E-state index is 12.7. The molecule has 1 saturated heterocycles. The van der Waals surface area contributed by atoms with Gasteiger partial charge in [-0.1, -0.05) is 25.1 Å². The summed E-state index contributed by atoms with van der Waals surface area (Å²) in [7, 11) is 0. The molecule has 0 saturated carbocycles. The molecule has 6 heteroatoms. The smallest absolute Gasteiger partial charge is 0.356 e. The van der Waals surface area contributed by atoms with Gasteiger partial charge in [0.2, 0.25) is 5.91 Å². The Labute approximate surface area is 134 Å². The van der Waals surface area contributed by atoms with Crippen LogP contribution in [0, 0.1) is 5.92 Å². The van der Waals surface area contributed by atoms with E-state index in [4.69, 9.17) is 0 Å². The van der Waals surface area contributed by atoms with E-state index in [0.717, 1.165) is 25.5 Å². The second-order valence-electron chi connectivity index (χ2n) is 6.15. The van der Waals surface area contributed by atoms with Crippen LogP contribution in [0.2, 0.25) is 0 Å². The Balaban J connectivity index is 1.82. The number of piperidine rings is 1. The van der Waals surface area contributed by atoms with Crippen molar-refractivity contribution in [2.75, 3.05) is 19.6 Å². The largest absolute Gasteiger partial charge is 0.416 e. The quantitative estimate of drug-likeness (QED) is 0.871. The zero-order chi connectivity index (χ0) is 16.9. The first-order valence-corrected chi connectivity index (χ1v) is 8.03. The van der Waals surface area contributed by atoms with Gasteiger partial charge in [0, 0.05) is 13.1 Å². The van der Waals surface area contributed by atoms with Gasteiger partial charge in [-0.15, -0.1) is 0 Å². The molecule has 3 nitrogen and oxygen atoms in total. The number of hydrogen-bond acceptors (Lipinski definition) is 2. The van der Waals surface area contributed by atoms with Crippen LogP contribution in [0.5, 0.6) is 0 Å². The van der Waals surface area contributed by atoms with E-state index < -0.39 is 11.7 Å². The van der Waals surface area contributed by atoms with E-state index in [1.54, 1.807) is 6.07 Å². The van der Waals surface area contributed by atoms with Gasteiger partial charge in [0.1, 0.15) is 0 Å². The molecule has 2 N–H and O–H groups in total. The van der Waals surface area contributed by atoms with Crippen molar-refractivity contribution in [1.82, 2.24) is 10.6 Å². The zero-order valence-electron chi connectivity index (χ0n) is 13.2. The molecule has 23 heavy (non-hydrogen) atoms. The van der Waals surface area contributed by atoms with Gasteiger partial charge in [-0.25, -0.2) is 0 Å². The third-order valence-corrected chi connectivity index (χ3v) is 4.33. The predicted octanol–water partition coefficient (Wildman–Crippen LogP) is 3.31. The molecular weight excluding hydrogens is 305 g/mol. The van der Waals surface area contributed by atoms with Crippen LogP contribution in [0.1, 0.15) is 43.2 Å². The van der Waals surface area contributed by atoms with Gasteiger partial charge in [0.05, 0.1) is 11.5 Å². The predicted molar refractivity (Wildman–Crippen MR) is 83.1 cm³/mol. The van der Waals surface area contributed by atoms with Gasteiger partial charge in [-0.3, -0.25) is 4.79 Å². The maximum Gasteiger partial charge on any atom is 0.416 e. The summed E-state index contributed by atoms with van der Waals surface area (Å²) in [6.07, 6.45) is -1.81. The molecule has 2 rings (SSSR count). The van der Waals surface area contributed by atoms with E-state index in [1.165, 1.54) is 12.1 Å². The minimum atomic E-state index is -4.32. The molecule has 0 aliphatic carbocycles. The Hall–Kier alpha value is -1.56. The number of hydrogen-bond donors (Lipinski definition) is 2. The summed E-state index contributed by atoms with van der Waals surface area (Å²) in [4.78, 5) is 12.0. The first-order valence-electron chi connectivity index (χ1n) is 8.03. The van der Waals surface area contributed by atoms with Gasteiger partial charge in [0.15, 0.2) is 0 Å². The van der Waals surface area contributed by atoms with Crippen molar-refractivity contribution >= 4 is 5.91 Å². The summed E-state index contributed by atoms with van der Waals surface area (Å²) in [5.41, 5.74) is 0.0209. The van der Waals surface area contributed by atoms with E-state index >= 15 is 0 Å². The van der Waals surface area contributed by atoms with Crippen molar-refractivity contribution in [1.29, 1.82) is 0 Å². The molecule has 1 aromatic rings. The van der Waals surface area contributed by atoms with E-state index in [2.05, 4.69) is 10.6 Å². The van der Waals surface area contributed by atoms with Crippen LogP contribution in [0.15, 0.2) is 24.3 Å². The van der Waals surface area contributed by atoms with Crippen molar-refractivity contribution in [2.24, 2.45) is 5.92 Å².